The maximum absolute atomic E-state index is 13.7. The number of rotatable bonds is 3. The monoisotopic (exact) mass is 234 g/mol. The Morgan fingerprint density at radius 3 is 2.71 bits per heavy atom. The molecule has 1 aliphatic heterocycles. The second-order valence-corrected chi connectivity index (χ2v) is 5.18. The van der Waals surface area contributed by atoms with Crippen LogP contribution in [0.1, 0.15) is 25.7 Å². The van der Waals surface area contributed by atoms with Crippen LogP contribution in [0.15, 0.2) is 24.3 Å². The molecule has 1 heterocycles. The molecular formula is C14H19FN2. The van der Waals surface area contributed by atoms with Crippen LogP contribution in [-0.2, 0) is 0 Å². The van der Waals surface area contributed by atoms with Gasteiger partial charge in [0.2, 0.25) is 0 Å². The van der Waals surface area contributed by atoms with Gasteiger partial charge in [0.05, 0.1) is 5.69 Å². The van der Waals surface area contributed by atoms with Gasteiger partial charge in [0.1, 0.15) is 5.82 Å². The van der Waals surface area contributed by atoms with Crippen LogP contribution in [0.4, 0.5) is 10.1 Å². The first-order valence-electron chi connectivity index (χ1n) is 6.58. The third-order valence-electron chi connectivity index (χ3n) is 3.66. The van der Waals surface area contributed by atoms with Gasteiger partial charge < -0.3 is 10.2 Å². The van der Waals surface area contributed by atoms with E-state index in [4.69, 9.17) is 0 Å². The Morgan fingerprint density at radius 2 is 1.94 bits per heavy atom. The Balaban J connectivity index is 1.68. The molecule has 1 unspecified atom stereocenters. The van der Waals surface area contributed by atoms with Gasteiger partial charge in [-0.1, -0.05) is 12.1 Å². The summed E-state index contributed by atoms with van der Waals surface area (Å²) in [5.74, 6) is -0.0976. The van der Waals surface area contributed by atoms with E-state index in [1.54, 1.807) is 12.1 Å². The first kappa shape index (κ1) is 11.0. The number of halogens is 1. The molecule has 3 heteroatoms. The van der Waals surface area contributed by atoms with Crippen molar-refractivity contribution in [1.29, 1.82) is 0 Å². The third-order valence-corrected chi connectivity index (χ3v) is 3.66. The molecule has 17 heavy (non-hydrogen) atoms. The summed E-state index contributed by atoms with van der Waals surface area (Å²) in [5.41, 5.74) is 0.759. The van der Waals surface area contributed by atoms with Gasteiger partial charge in [-0.2, -0.15) is 0 Å². The highest BCUT2D eigenvalue weighted by Crippen LogP contribution is 2.25. The Labute approximate surface area is 102 Å². The van der Waals surface area contributed by atoms with Gasteiger partial charge in [0.25, 0.3) is 0 Å². The molecule has 2 nitrogen and oxygen atoms in total. The van der Waals surface area contributed by atoms with E-state index in [0.29, 0.717) is 6.04 Å². The molecule has 1 aliphatic carbocycles. The fourth-order valence-corrected chi connectivity index (χ4v) is 2.62. The minimum Gasteiger partial charge on any atom is -0.368 e. The quantitative estimate of drug-likeness (QED) is 0.864. The Bertz CT molecular complexity index is 390. The van der Waals surface area contributed by atoms with Crippen molar-refractivity contribution in [2.24, 2.45) is 0 Å². The number of benzene rings is 1. The summed E-state index contributed by atoms with van der Waals surface area (Å²) in [5, 5.41) is 3.65. The molecule has 1 aromatic carbocycles. The predicted molar refractivity (Wildman–Crippen MR) is 67.8 cm³/mol. The van der Waals surface area contributed by atoms with Gasteiger partial charge in [-0.25, -0.2) is 4.39 Å². The molecule has 0 bridgehead atoms. The van der Waals surface area contributed by atoms with E-state index < -0.39 is 0 Å². The number of para-hydroxylation sites is 1. The highest BCUT2D eigenvalue weighted by Gasteiger charge is 2.28. The number of anilines is 1. The summed E-state index contributed by atoms with van der Waals surface area (Å²) in [4.78, 5) is 2.18. The average molecular weight is 234 g/mol. The lowest BCUT2D eigenvalue weighted by molar-refractivity contribution is 0.417. The van der Waals surface area contributed by atoms with Crippen LogP contribution < -0.4 is 10.2 Å². The molecule has 92 valence electrons. The van der Waals surface area contributed by atoms with E-state index in [0.717, 1.165) is 31.2 Å². The summed E-state index contributed by atoms with van der Waals surface area (Å²) >= 11 is 0. The van der Waals surface area contributed by atoms with E-state index in [1.807, 2.05) is 12.1 Å². The molecular weight excluding hydrogens is 215 g/mol. The fourth-order valence-electron chi connectivity index (χ4n) is 2.62. The Hall–Kier alpha value is -1.09. The fraction of sp³-hybridized carbons (Fsp3) is 0.571. The number of nitrogens with one attached hydrogen (secondary N) is 1. The lowest BCUT2D eigenvalue weighted by Gasteiger charge is -2.35. The SMILES string of the molecule is Fc1ccccc1N1CCCC(NC2CC2)C1. The molecule has 2 aliphatic rings. The number of hydrogen-bond acceptors (Lipinski definition) is 2. The zero-order valence-electron chi connectivity index (χ0n) is 10.0. The summed E-state index contributed by atoms with van der Waals surface area (Å²) in [7, 11) is 0. The van der Waals surface area contributed by atoms with Crippen LogP contribution in [0, 0.1) is 5.82 Å². The van der Waals surface area contributed by atoms with Crippen LogP contribution in [0.5, 0.6) is 0 Å². The molecule has 1 atom stereocenters. The van der Waals surface area contributed by atoms with E-state index in [1.165, 1.54) is 19.3 Å². The van der Waals surface area contributed by atoms with Gasteiger partial charge in [-0.3, -0.25) is 0 Å². The number of hydrogen-bond donors (Lipinski definition) is 1. The zero-order chi connectivity index (χ0) is 11.7. The highest BCUT2D eigenvalue weighted by molar-refractivity contribution is 5.48. The topological polar surface area (TPSA) is 15.3 Å². The smallest absolute Gasteiger partial charge is 0.146 e. The highest BCUT2D eigenvalue weighted by atomic mass is 19.1. The molecule has 3 rings (SSSR count). The molecule has 0 radical (unpaired) electrons. The minimum absolute atomic E-state index is 0.0976. The normalized spacial score (nSPS) is 25.0. The molecule has 1 saturated heterocycles. The van der Waals surface area contributed by atoms with Gasteiger partial charge >= 0.3 is 0 Å². The molecule has 2 fully saturated rings. The van der Waals surface area contributed by atoms with Crippen molar-refractivity contribution in [1.82, 2.24) is 5.32 Å². The summed E-state index contributed by atoms with van der Waals surface area (Å²) in [6.07, 6.45) is 5.01. The van der Waals surface area contributed by atoms with Crippen molar-refractivity contribution in [2.45, 2.75) is 37.8 Å². The first-order chi connectivity index (χ1) is 8.33. The largest absolute Gasteiger partial charge is 0.368 e. The first-order valence-corrected chi connectivity index (χ1v) is 6.58. The van der Waals surface area contributed by atoms with E-state index in [9.17, 15) is 4.39 Å². The molecule has 1 saturated carbocycles. The van der Waals surface area contributed by atoms with Crippen molar-refractivity contribution in [3.8, 4) is 0 Å². The number of piperidine rings is 1. The van der Waals surface area contributed by atoms with Crippen molar-refractivity contribution in [2.75, 3.05) is 18.0 Å². The summed E-state index contributed by atoms with van der Waals surface area (Å²) in [6, 6.07) is 8.37. The molecule has 0 spiro atoms. The van der Waals surface area contributed by atoms with Crippen LogP contribution in [-0.4, -0.2) is 25.2 Å². The maximum atomic E-state index is 13.7. The van der Waals surface area contributed by atoms with Crippen molar-refractivity contribution >= 4 is 5.69 Å². The zero-order valence-corrected chi connectivity index (χ0v) is 10.0. The van der Waals surface area contributed by atoms with Gasteiger partial charge in [-0.15, -0.1) is 0 Å². The van der Waals surface area contributed by atoms with Crippen LogP contribution in [0.3, 0.4) is 0 Å². The molecule has 1 N–H and O–H groups in total. The second kappa shape index (κ2) is 4.65. The van der Waals surface area contributed by atoms with Crippen molar-refractivity contribution in [3.05, 3.63) is 30.1 Å². The average Bonchev–Trinajstić information content (AvgIpc) is 3.14. The molecule has 1 aromatic rings. The minimum atomic E-state index is -0.0976. The van der Waals surface area contributed by atoms with E-state index in [2.05, 4.69) is 10.2 Å². The van der Waals surface area contributed by atoms with E-state index in [-0.39, 0.29) is 5.82 Å². The van der Waals surface area contributed by atoms with Crippen molar-refractivity contribution in [3.63, 3.8) is 0 Å². The van der Waals surface area contributed by atoms with Crippen LogP contribution in [0.25, 0.3) is 0 Å². The van der Waals surface area contributed by atoms with Gasteiger partial charge in [0, 0.05) is 25.2 Å². The van der Waals surface area contributed by atoms with E-state index >= 15 is 0 Å². The predicted octanol–water partition coefficient (Wildman–Crippen LogP) is 2.55. The lowest BCUT2D eigenvalue weighted by Crippen LogP contribution is -2.46. The maximum Gasteiger partial charge on any atom is 0.146 e. The Kier molecular flexibility index (Phi) is 3.02. The third kappa shape index (κ3) is 2.60. The Morgan fingerprint density at radius 1 is 1.12 bits per heavy atom. The van der Waals surface area contributed by atoms with Crippen molar-refractivity contribution < 1.29 is 4.39 Å². The molecule has 0 amide bonds. The second-order valence-electron chi connectivity index (χ2n) is 5.18. The standard InChI is InChI=1S/C14H19FN2/c15-13-5-1-2-6-14(13)17-9-3-4-12(10-17)16-11-7-8-11/h1-2,5-6,11-12,16H,3-4,7-10H2. The molecule has 0 aromatic heterocycles. The van der Waals surface area contributed by atoms with Crippen LogP contribution in [0.2, 0.25) is 0 Å². The number of nitrogens with zero attached hydrogens (tertiary/aromatic N) is 1. The van der Waals surface area contributed by atoms with Gasteiger partial charge in [0.15, 0.2) is 0 Å². The van der Waals surface area contributed by atoms with Crippen LogP contribution >= 0.6 is 0 Å². The summed E-state index contributed by atoms with van der Waals surface area (Å²) < 4.78 is 13.7. The lowest BCUT2D eigenvalue weighted by atomic mass is 10.0. The summed E-state index contributed by atoms with van der Waals surface area (Å²) in [6.45, 7) is 1.92. The van der Waals surface area contributed by atoms with Gasteiger partial charge in [-0.05, 0) is 37.8 Å².